The van der Waals surface area contributed by atoms with Gasteiger partial charge in [0.05, 0.1) is 20.3 Å². The van der Waals surface area contributed by atoms with Gasteiger partial charge in [0.1, 0.15) is 5.75 Å². The molecular formula is C14H16O5. The number of hydrogen-bond donors (Lipinski definition) is 1. The van der Waals surface area contributed by atoms with E-state index in [1.165, 1.54) is 13.2 Å². The molecule has 0 amide bonds. The molecule has 102 valence electrons. The molecule has 0 bridgehead atoms. The average Bonchev–Trinajstić information content (AvgIpc) is 2.84. The highest BCUT2D eigenvalue weighted by atomic mass is 16.7. The Morgan fingerprint density at radius 2 is 2.11 bits per heavy atom. The van der Waals surface area contributed by atoms with E-state index in [4.69, 9.17) is 19.3 Å². The summed E-state index contributed by atoms with van der Waals surface area (Å²) in [6.07, 6.45) is 2.56. The van der Waals surface area contributed by atoms with Crippen LogP contribution in [0, 0.1) is 0 Å². The maximum Gasteiger partial charge on any atom is 0.328 e. The van der Waals surface area contributed by atoms with E-state index in [1.807, 2.05) is 19.1 Å². The molecule has 1 fully saturated rings. The van der Waals surface area contributed by atoms with Gasteiger partial charge in [-0.25, -0.2) is 4.79 Å². The summed E-state index contributed by atoms with van der Waals surface area (Å²) < 4.78 is 16.4. The van der Waals surface area contributed by atoms with Crippen LogP contribution in [0.1, 0.15) is 18.1 Å². The van der Waals surface area contributed by atoms with Gasteiger partial charge in [-0.15, -0.1) is 0 Å². The van der Waals surface area contributed by atoms with Gasteiger partial charge < -0.3 is 19.3 Å². The van der Waals surface area contributed by atoms with E-state index in [9.17, 15) is 4.79 Å². The van der Waals surface area contributed by atoms with Gasteiger partial charge in [0.25, 0.3) is 0 Å². The van der Waals surface area contributed by atoms with Crippen molar-refractivity contribution in [2.75, 3.05) is 20.3 Å². The number of rotatable bonds is 4. The number of hydrogen-bond acceptors (Lipinski definition) is 4. The molecule has 1 aromatic rings. The molecule has 0 aliphatic carbocycles. The summed E-state index contributed by atoms with van der Waals surface area (Å²) in [5, 5.41) is 8.69. The van der Waals surface area contributed by atoms with Crippen LogP contribution in [0.2, 0.25) is 0 Å². The van der Waals surface area contributed by atoms with E-state index in [1.54, 1.807) is 6.07 Å². The van der Waals surface area contributed by atoms with Gasteiger partial charge in [0.15, 0.2) is 5.79 Å². The summed E-state index contributed by atoms with van der Waals surface area (Å²) >= 11 is 0. The fraction of sp³-hybridized carbons (Fsp3) is 0.357. The third-order valence-corrected chi connectivity index (χ3v) is 3.00. The van der Waals surface area contributed by atoms with Crippen molar-refractivity contribution in [3.8, 4) is 5.75 Å². The Morgan fingerprint density at radius 3 is 2.68 bits per heavy atom. The molecule has 1 heterocycles. The van der Waals surface area contributed by atoms with Crippen LogP contribution in [0.3, 0.4) is 0 Å². The molecule has 5 nitrogen and oxygen atoms in total. The molecule has 2 rings (SSSR count). The van der Waals surface area contributed by atoms with Crippen molar-refractivity contribution in [2.45, 2.75) is 12.7 Å². The molecule has 1 aliphatic heterocycles. The Balaban J connectivity index is 2.37. The van der Waals surface area contributed by atoms with E-state index in [2.05, 4.69) is 0 Å². The zero-order valence-corrected chi connectivity index (χ0v) is 10.9. The maximum absolute atomic E-state index is 10.6. The van der Waals surface area contributed by atoms with E-state index in [0.29, 0.717) is 24.5 Å². The second-order valence-corrected chi connectivity index (χ2v) is 4.27. The largest absolute Gasteiger partial charge is 0.496 e. The van der Waals surface area contributed by atoms with Gasteiger partial charge in [-0.05, 0) is 31.2 Å². The van der Waals surface area contributed by atoms with Crippen LogP contribution >= 0.6 is 0 Å². The third kappa shape index (κ3) is 2.94. The summed E-state index contributed by atoms with van der Waals surface area (Å²) in [6.45, 7) is 2.93. The number of carboxylic acid groups (broad SMARTS) is 1. The Hall–Kier alpha value is -1.85. The second-order valence-electron chi connectivity index (χ2n) is 4.27. The molecule has 0 aromatic heterocycles. The van der Waals surface area contributed by atoms with E-state index >= 15 is 0 Å². The molecule has 5 heteroatoms. The molecule has 0 spiro atoms. The number of carbonyl (C=O) groups is 1. The van der Waals surface area contributed by atoms with Crippen LogP contribution in [0.4, 0.5) is 0 Å². The lowest BCUT2D eigenvalue weighted by Gasteiger charge is -2.23. The van der Waals surface area contributed by atoms with Crippen LogP contribution in [-0.4, -0.2) is 31.4 Å². The molecule has 0 atom stereocenters. The third-order valence-electron chi connectivity index (χ3n) is 3.00. The van der Waals surface area contributed by atoms with Crippen molar-refractivity contribution in [3.63, 3.8) is 0 Å². The fourth-order valence-electron chi connectivity index (χ4n) is 1.99. The number of benzene rings is 1. The summed E-state index contributed by atoms with van der Waals surface area (Å²) in [5.41, 5.74) is 1.50. The molecule has 0 saturated carbocycles. The number of ether oxygens (including phenoxy) is 3. The maximum atomic E-state index is 10.6. The minimum atomic E-state index is -1.01. The summed E-state index contributed by atoms with van der Waals surface area (Å²) in [4.78, 5) is 10.6. The first-order valence-electron chi connectivity index (χ1n) is 5.92. The SMILES string of the molecule is COc1ccc(C2(C)OCCO2)cc1/C=C/C(=O)O. The van der Waals surface area contributed by atoms with E-state index in [-0.39, 0.29) is 0 Å². The molecule has 0 radical (unpaired) electrons. The lowest BCUT2D eigenvalue weighted by atomic mass is 10.0. The highest BCUT2D eigenvalue weighted by molar-refractivity contribution is 5.86. The number of carboxylic acids is 1. The first-order chi connectivity index (χ1) is 9.05. The summed E-state index contributed by atoms with van der Waals surface area (Å²) in [6, 6.07) is 5.43. The van der Waals surface area contributed by atoms with E-state index in [0.717, 1.165) is 11.6 Å². The van der Waals surface area contributed by atoms with Gasteiger partial charge in [0.2, 0.25) is 0 Å². The zero-order chi connectivity index (χ0) is 13.9. The van der Waals surface area contributed by atoms with Crippen molar-refractivity contribution in [3.05, 3.63) is 35.4 Å². The lowest BCUT2D eigenvalue weighted by molar-refractivity contribution is -0.149. The minimum Gasteiger partial charge on any atom is -0.496 e. The first-order valence-corrected chi connectivity index (χ1v) is 5.92. The van der Waals surface area contributed by atoms with Crippen molar-refractivity contribution in [1.82, 2.24) is 0 Å². The van der Waals surface area contributed by atoms with Crippen molar-refractivity contribution in [2.24, 2.45) is 0 Å². The van der Waals surface area contributed by atoms with Crippen LogP contribution < -0.4 is 4.74 Å². The van der Waals surface area contributed by atoms with Gasteiger partial charge in [-0.1, -0.05) is 0 Å². The molecule has 0 unspecified atom stereocenters. The standard InChI is InChI=1S/C14H16O5/c1-14(18-7-8-19-14)11-4-5-12(17-2)10(9-11)3-6-13(15)16/h3-6,9H,7-8H2,1-2H3,(H,15,16)/b6-3+. The quantitative estimate of drug-likeness (QED) is 0.843. The predicted molar refractivity (Wildman–Crippen MR) is 68.9 cm³/mol. The van der Waals surface area contributed by atoms with Gasteiger partial charge in [-0.2, -0.15) is 0 Å². The van der Waals surface area contributed by atoms with E-state index < -0.39 is 11.8 Å². The molecule has 1 aliphatic rings. The van der Waals surface area contributed by atoms with Gasteiger partial charge in [0, 0.05) is 17.2 Å². The Kier molecular flexibility index (Phi) is 3.87. The Bertz CT molecular complexity index is 501. The monoisotopic (exact) mass is 264 g/mol. The minimum absolute atomic E-state index is 0.544. The smallest absolute Gasteiger partial charge is 0.328 e. The molecule has 1 N–H and O–H groups in total. The highest BCUT2D eigenvalue weighted by Gasteiger charge is 2.33. The number of methoxy groups -OCH3 is 1. The zero-order valence-electron chi connectivity index (χ0n) is 10.9. The van der Waals surface area contributed by atoms with Crippen LogP contribution in [0.25, 0.3) is 6.08 Å². The highest BCUT2D eigenvalue weighted by Crippen LogP contribution is 2.33. The molecular weight excluding hydrogens is 248 g/mol. The topological polar surface area (TPSA) is 65.0 Å². The van der Waals surface area contributed by atoms with Crippen molar-refractivity contribution < 1.29 is 24.1 Å². The number of aliphatic carboxylic acids is 1. The van der Waals surface area contributed by atoms with Crippen LogP contribution in [0.15, 0.2) is 24.3 Å². The lowest BCUT2D eigenvalue weighted by Crippen LogP contribution is -2.22. The summed E-state index contributed by atoms with van der Waals surface area (Å²) in [5.74, 6) is -1.19. The predicted octanol–water partition coefficient (Wildman–Crippen LogP) is 2.01. The van der Waals surface area contributed by atoms with Crippen LogP contribution in [-0.2, 0) is 20.1 Å². The van der Waals surface area contributed by atoms with Crippen LogP contribution in [0.5, 0.6) is 5.75 Å². The van der Waals surface area contributed by atoms with Crippen molar-refractivity contribution >= 4 is 12.0 Å². The first kappa shape index (κ1) is 13.6. The normalized spacial score (nSPS) is 17.8. The Labute approximate surface area is 111 Å². The summed E-state index contributed by atoms with van der Waals surface area (Å²) in [7, 11) is 1.54. The average molecular weight is 264 g/mol. The fourth-order valence-corrected chi connectivity index (χ4v) is 1.99. The Morgan fingerprint density at radius 1 is 1.42 bits per heavy atom. The van der Waals surface area contributed by atoms with Gasteiger partial charge in [-0.3, -0.25) is 0 Å². The molecule has 19 heavy (non-hydrogen) atoms. The van der Waals surface area contributed by atoms with Gasteiger partial charge >= 0.3 is 5.97 Å². The second kappa shape index (κ2) is 5.42. The van der Waals surface area contributed by atoms with Crippen molar-refractivity contribution in [1.29, 1.82) is 0 Å². The molecule has 1 saturated heterocycles. The molecule has 1 aromatic carbocycles.